The molecule has 0 aliphatic heterocycles. The molecule has 0 saturated heterocycles. The number of amides is 1. The largest absolute Gasteiger partial charge is 0.399 e. The average molecular weight is 221 g/mol. The average Bonchev–Trinajstić information content (AvgIpc) is 2.70. The van der Waals surface area contributed by atoms with Crippen LogP contribution in [0.3, 0.4) is 0 Å². The van der Waals surface area contributed by atoms with Gasteiger partial charge in [-0.1, -0.05) is 5.16 Å². The Morgan fingerprint density at radius 2 is 2.25 bits per heavy atom. The molecule has 3 N–H and O–H groups in total. The molecule has 0 saturated carbocycles. The van der Waals surface area contributed by atoms with Gasteiger partial charge in [-0.2, -0.15) is 0 Å². The number of nitrogens with zero attached hydrogens (tertiary/aromatic N) is 1. The van der Waals surface area contributed by atoms with E-state index in [4.69, 9.17) is 5.73 Å². The molecule has 0 aliphatic carbocycles. The zero-order chi connectivity index (χ0) is 11.5. The highest BCUT2D eigenvalue weighted by Crippen LogP contribution is 2.13. The number of carbonyl (C=O) groups excluding carboxylic acids is 1. The molecule has 1 aromatic carbocycles. The Kier molecular flexibility index (Phi) is 2.55. The molecule has 2 aromatic rings. The Bertz CT molecular complexity index is 511. The van der Waals surface area contributed by atoms with Crippen LogP contribution in [0.15, 0.2) is 35.1 Å². The van der Waals surface area contributed by atoms with Gasteiger partial charge in [-0.3, -0.25) is 4.79 Å². The van der Waals surface area contributed by atoms with E-state index < -0.39 is 11.7 Å². The number of carbonyl (C=O) groups is 1. The van der Waals surface area contributed by atoms with Crippen molar-refractivity contribution in [1.29, 1.82) is 0 Å². The number of rotatable bonds is 2. The van der Waals surface area contributed by atoms with Gasteiger partial charge < -0.3 is 15.6 Å². The zero-order valence-corrected chi connectivity index (χ0v) is 8.11. The molecule has 1 heterocycles. The molecular formula is C10H8FN3O2. The van der Waals surface area contributed by atoms with E-state index in [-0.39, 0.29) is 17.1 Å². The number of halogens is 1. The number of hydrogen-bond acceptors (Lipinski definition) is 4. The summed E-state index contributed by atoms with van der Waals surface area (Å²) < 4.78 is 17.9. The molecule has 0 atom stereocenters. The van der Waals surface area contributed by atoms with Crippen LogP contribution in [0.2, 0.25) is 0 Å². The molecule has 0 aliphatic rings. The molecule has 0 radical (unpaired) electrons. The quantitative estimate of drug-likeness (QED) is 0.755. The number of nitrogens with one attached hydrogen (secondary N) is 1. The van der Waals surface area contributed by atoms with Gasteiger partial charge in [-0.15, -0.1) is 0 Å². The van der Waals surface area contributed by atoms with E-state index in [1.807, 2.05) is 0 Å². The fourth-order valence-electron chi connectivity index (χ4n) is 1.18. The first-order valence-corrected chi connectivity index (χ1v) is 4.43. The van der Waals surface area contributed by atoms with Crippen molar-refractivity contribution < 1.29 is 13.7 Å². The molecule has 82 valence electrons. The molecule has 0 bridgehead atoms. The Morgan fingerprint density at radius 3 is 2.88 bits per heavy atom. The normalized spacial score (nSPS) is 10.1. The van der Waals surface area contributed by atoms with Gasteiger partial charge in [-0.25, -0.2) is 4.39 Å². The summed E-state index contributed by atoms with van der Waals surface area (Å²) in [7, 11) is 0. The third-order valence-corrected chi connectivity index (χ3v) is 1.92. The molecule has 1 aromatic heterocycles. The van der Waals surface area contributed by atoms with Crippen LogP contribution >= 0.6 is 0 Å². The van der Waals surface area contributed by atoms with Gasteiger partial charge in [0, 0.05) is 11.8 Å². The fraction of sp³-hybridized carbons (Fsp3) is 0. The second kappa shape index (κ2) is 4.01. The summed E-state index contributed by atoms with van der Waals surface area (Å²) in [6.07, 6.45) is 1.30. The van der Waals surface area contributed by atoms with Gasteiger partial charge in [0.2, 0.25) is 0 Å². The van der Waals surface area contributed by atoms with E-state index >= 15 is 0 Å². The molecule has 0 fully saturated rings. The summed E-state index contributed by atoms with van der Waals surface area (Å²) in [5, 5.41) is 5.85. The summed E-state index contributed by atoms with van der Waals surface area (Å²) in [4.78, 5) is 11.6. The summed E-state index contributed by atoms with van der Waals surface area (Å²) in [6.45, 7) is 0. The first-order valence-electron chi connectivity index (χ1n) is 4.43. The van der Waals surface area contributed by atoms with Gasteiger partial charge >= 0.3 is 0 Å². The first kappa shape index (κ1) is 10.2. The lowest BCUT2D eigenvalue weighted by Gasteiger charge is -2.03. The number of aromatic nitrogens is 1. The maximum atomic E-state index is 13.3. The molecule has 6 heteroatoms. The molecule has 16 heavy (non-hydrogen) atoms. The SMILES string of the molecule is Nc1ccc(C(=O)Nc2ccon2)c(F)c1. The van der Waals surface area contributed by atoms with Crippen LogP contribution in [0.5, 0.6) is 0 Å². The van der Waals surface area contributed by atoms with Crippen LogP contribution in [0, 0.1) is 5.82 Å². The van der Waals surface area contributed by atoms with Gasteiger partial charge in [0.25, 0.3) is 5.91 Å². The lowest BCUT2D eigenvalue weighted by molar-refractivity contribution is 0.102. The van der Waals surface area contributed by atoms with E-state index in [1.165, 1.54) is 24.5 Å². The maximum absolute atomic E-state index is 13.3. The minimum atomic E-state index is -0.680. The van der Waals surface area contributed by atoms with Crippen molar-refractivity contribution in [2.75, 3.05) is 11.1 Å². The predicted molar refractivity (Wildman–Crippen MR) is 55.3 cm³/mol. The van der Waals surface area contributed by atoms with E-state index in [0.717, 1.165) is 6.07 Å². The summed E-state index contributed by atoms with van der Waals surface area (Å²) >= 11 is 0. The summed E-state index contributed by atoms with van der Waals surface area (Å²) in [5.74, 6) is -1.06. The third-order valence-electron chi connectivity index (χ3n) is 1.92. The van der Waals surface area contributed by atoms with Crippen molar-refractivity contribution >= 4 is 17.4 Å². The molecule has 5 nitrogen and oxygen atoms in total. The van der Waals surface area contributed by atoms with Gasteiger partial charge in [0.15, 0.2) is 5.82 Å². The molecule has 0 spiro atoms. The van der Waals surface area contributed by atoms with Crippen molar-refractivity contribution in [1.82, 2.24) is 5.16 Å². The molecular weight excluding hydrogens is 213 g/mol. The standard InChI is InChI=1S/C10H8FN3O2/c11-8-5-6(12)1-2-7(8)10(15)13-9-3-4-16-14-9/h1-5H,12H2,(H,13,14,15). The third kappa shape index (κ3) is 2.00. The number of benzene rings is 1. The number of nitrogens with two attached hydrogens (primary N) is 1. The monoisotopic (exact) mass is 221 g/mol. The lowest BCUT2D eigenvalue weighted by atomic mass is 10.2. The van der Waals surface area contributed by atoms with Crippen LogP contribution in [-0.4, -0.2) is 11.1 Å². The van der Waals surface area contributed by atoms with Gasteiger partial charge in [-0.05, 0) is 18.2 Å². The van der Waals surface area contributed by atoms with E-state index in [1.54, 1.807) is 0 Å². The highest BCUT2D eigenvalue weighted by Gasteiger charge is 2.12. The summed E-state index contributed by atoms with van der Waals surface area (Å²) in [5.41, 5.74) is 5.52. The van der Waals surface area contributed by atoms with Crippen molar-refractivity contribution in [3.63, 3.8) is 0 Å². The second-order valence-corrected chi connectivity index (χ2v) is 3.08. The summed E-state index contributed by atoms with van der Waals surface area (Å²) in [6, 6.07) is 5.28. The first-order chi connectivity index (χ1) is 7.66. The Balaban J connectivity index is 2.21. The predicted octanol–water partition coefficient (Wildman–Crippen LogP) is 1.65. The van der Waals surface area contributed by atoms with Crippen LogP contribution in [0.25, 0.3) is 0 Å². The fourth-order valence-corrected chi connectivity index (χ4v) is 1.18. The number of nitrogen functional groups attached to an aromatic ring is 1. The smallest absolute Gasteiger partial charge is 0.259 e. The van der Waals surface area contributed by atoms with Crippen LogP contribution in [0.1, 0.15) is 10.4 Å². The minimum absolute atomic E-state index is 0.0998. The van der Waals surface area contributed by atoms with E-state index in [0.29, 0.717) is 0 Å². The van der Waals surface area contributed by atoms with Gasteiger partial charge in [0.05, 0.1) is 5.56 Å². The van der Waals surface area contributed by atoms with Crippen LogP contribution < -0.4 is 11.1 Å². The minimum Gasteiger partial charge on any atom is -0.399 e. The highest BCUT2D eigenvalue weighted by atomic mass is 19.1. The van der Waals surface area contributed by atoms with Crippen LogP contribution in [-0.2, 0) is 0 Å². The topological polar surface area (TPSA) is 81.2 Å². The molecule has 0 unspecified atom stereocenters. The number of anilines is 2. The Hall–Kier alpha value is -2.37. The zero-order valence-electron chi connectivity index (χ0n) is 8.11. The van der Waals surface area contributed by atoms with Crippen molar-refractivity contribution in [3.8, 4) is 0 Å². The van der Waals surface area contributed by atoms with E-state index in [2.05, 4.69) is 15.0 Å². The van der Waals surface area contributed by atoms with Crippen molar-refractivity contribution in [2.24, 2.45) is 0 Å². The molecule has 2 rings (SSSR count). The van der Waals surface area contributed by atoms with Gasteiger partial charge in [0.1, 0.15) is 12.1 Å². The highest BCUT2D eigenvalue weighted by molar-refractivity contribution is 6.04. The van der Waals surface area contributed by atoms with Crippen LogP contribution in [0.4, 0.5) is 15.9 Å². The maximum Gasteiger partial charge on any atom is 0.259 e. The van der Waals surface area contributed by atoms with Crippen molar-refractivity contribution in [3.05, 3.63) is 41.9 Å². The lowest BCUT2D eigenvalue weighted by Crippen LogP contribution is -2.14. The molecule has 1 amide bonds. The Morgan fingerprint density at radius 1 is 1.44 bits per heavy atom. The van der Waals surface area contributed by atoms with E-state index in [9.17, 15) is 9.18 Å². The Labute approximate surface area is 90.0 Å². The number of hydrogen-bond donors (Lipinski definition) is 2. The second-order valence-electron chi connectivity index (χ2n) is 3.08. The van der Waals surface area contributed by atoms with Crippen molar-refractivity contribution in [2.45, 2.75) is 0 Å².